The van der Waals surface area contributed by atoms with Gasteiger partial charge in [-0.25, -0.2) is 0 Å². The van der Waals surface area contributed by atoms with Gasteiger partial charge in [0.2, 0.25) is 0 Å². The van der Waals surface area contributed by atoms with Crippen LogP contribution >= 0.6 is 0 Å². The fourth-order valence-corrected chi connectivity index (χ4v) is 10.9. The molecule has 0 aromatic heterocycles. The molecule has 0 radical (unpaired) electrons. The van der Waals surface area contributed by atoms with Crippen LogP contribution in [0.1, 0.15) is 74.9 Å². The maximum atomic E-state index is 2.51. The SMILES string of the molecule is CC1(C)c2ccccc2-c2cc(-c3cccc(N(c4cccc(-c5ccc6c(c5)-c5ccccc5C6(C)C)c4)c4cccc5c4C(C)(C)c4ccccc4-5)c3)ccc21. The quantitative estimate of drug-likeness (QED) is 0.170. The molecular weight excluding hydrogens is 699 g/mol. The molecule has 0 saturated carbocycles. The van der Waals surface area contributed by atoms with Crippen molar-refractivity contribution < 1.29 is 0 Å². The van der Waals surface area contributed by atoms with Crippen molar-refractivity contribution >= 4 is 17.1 Å². The maximum Gasteiger partial charge on any atom is 0.0508 e. The van der Waals surface area contributed by atoms with E-state index in [2.05, 4.69) is 222 Å². The molecule has 0 spiro atoms. The molecule has 0 fully saturated rings. The van der Waals surface area contributed by atoms with Gasteiger partial charge in [-0.2, -0.15) is 0 Å². The molecule has 0 unspecified atom stereocenters. The number of fused-ring (bicyclic) bond motifs is 9. The minimum atomic E-state index is -0.184. The highest BCUT2D eigenvalue weighted by molar-refractivity contribution is 5.93. The van der Waals surface area contributed by atoms with Crippen LogP contribution in [0.5, 0.6) is 0 Å². The van der Waals surface area contributed by atoms with Gasteiger partial charge in [-0.1, -0.05) is 175 Å². The van der Waals surface area contributed by atoms with Crippen molar-refractivity contribution in [1.82, 2.24) is 0 Å². The van der Waals surface area contributed by atoms with Crippen LogP contribution in [0.15, 0.2) is 176 Å². The Balaban J connectivity index is 1.08. The van der Waals surface area contributed by atoms with Crippen molar-refractivity contribution in [3.8, 4) is 55.6 Å². The number of hydrogen-bond donors (Lipinski definition) is 0. The maximum absolute atomic E-state index is 2.51. The zero-order chi connectivity index (χ0) is 39.6. The topological polar surface area (TPSA) is 3.24 Å². The Morgan fingerprint density at radius 1 is 0.293 bits per heavy atom. The molecule has 0 N–H and O–H groups in total. The van der Waals surface area contributed by atoms with Gasteiger partial charge in [0, 0.05) is 27.6 Å². The van der Waals surface area contributed by atoms with Crippen LogP contribution in [0.4, 0.5) is 17.1 Å². The monoisotopic (exact) mass is 745 g/mol. The summed E-state index contributed by atoms with van der Waals surface area (Å²) in [5.41, 5.74) is 24.5. The summed E-state index contributed by atoms with van der Waals surface area (Å²) in [6, 6.07) is 66.2. The number of anilines is 3. The molecule has 0 heterocycles. The van der Waals surface area contributed by atoms with Crippen LogP contribution in [-0.4, -0.2) is 0 Å². The Labute approximate surface area is 343 Å². The summed E-state index contributed by atoms with van der Waals surface area (Å²) < 4.78 is 0. The molecule has 8 aromatic rings. The van der Waals surface area contributed by atoms with E-state index in [0.29, 0.717) is 0 Å². The third kappa shape index (κ3) is 4.89. The number of nitrogens with zero attached hydrogens (tertiary/aromatic N) is 1. The fourth-order valence-electron chi connectivity index (χ4n) is 10.9. The first kappa shape index (κ1) is 34.8. The summed E-state index contributed by atoms with van der Waals surface area (Å²) in [5, 5.41) is 0. The minimum Gasteiger partial charge on any atom is -0.310 e. The molecule has 0 saturated heterocycles. The third-order valence-corrected chi connectivity index (χ3v) is 13.8. The number of hydrogen-bond acceptors (Lipinski definition) is 1. The summed E-state index contributed by atoms with van der Waals surface area (Å²) in [7, 11) is 0. The van der Waals surface area contributed by atoms with E-state index in [1.807, 2.05) is 0 Å². The zero-order valence-electron chi connectivity index (χ0n) is 34.2. The predicted octanol–water partition coefficient (Wildman–Crippen LogP) is 15.4. The highest BCUT2D eigenvalue weighted by Gasteiger charge is 2.40. The van der Waals surface area contributed by atoms with E-state index >= 15 is 0 Å². The van der Waals surface area contributed by atoms with E-state index in [4.69, 9.17) is 0 Å². The van der Waals surface area contributed by atoms with Gasteiger partial charge in [0.15, 0.2) is 0 Å². The van der Waals surface area contributed by atoms with Crippen LogP contribution in [0.2, 0.25) is 0 Å². The average Bonchev–Trinajstić information content (AvgIpc) is 3.74. The van der Waals surface area contributed by atoms with Crippen LogP contribution < -0.4 is 4.90 Å². The lowest BCUT2D eigenvalue weighted by molar-refractivity contribution is 0.660. The Bertz CT molecular complexity index is 2840. The Kier molecular flexibility index (Phi) is 7.36. The number of rotatable bonds is 5. The predicted molar refractivity (Wildman–Crippen MR) is 245 cm³/mol. The normalized spacial score (nSPS) is 15.5. The summed E-state index contributed by atoms with van der Waals surface area (Å²) in [6.07, 6.45) is 0. The summed E-state index contributed by atoms with van der Waals surface area (Å²) >= 11 is 0. The fraction of sp³-hybridized carbons (Fsp3) is 0.158. The van der Waals surface area contributed by atoms with E-state index in [0.717, 1.165) is 11.4 Å². The Morgan fingerprint density at radius 2 is 0.672 bits per heavy atom. The molecule has 280 valence electrons. The van der Waals surface area contributed by atoms with Crippen LogP contribution in [0.3, 0.4) is 0 Å². The first-order chi connectivity index (χ1) is 28.0. The third-order valence-electron chi connectivity index (χ3n) is 13.8. The van der Waals surface area contributed by atoms with Gasteiger partial charge in [-0.15, -0.1) is 0 Å². The molecule has 8 aromatic carbocycles. The number of benzene rings is 8. The molecule has 11 rings (SSSR count). The molecule has 1 nitrogen and oxygen atoms in total. The van der Waals surface area contributed by atoms with Crippen molar-refractivity contribution in [3.05, 3.63) is 209 Å². The van der Waals surface area contributed by atoms with Gasteiger partial charge < -0.3 is 4.90 Å². The minimum absolute atomic E-state index is 0.0232. The van der Waals surface area contributed by atoms with Gasteiger partial charge in [-0.3, -0.25) is 0 Å². The lowest BCUT2D eigenvalue weighted by atomic mass is 9.81. The van der Waals surface area contributed by atoms with E-state index in [1.54, 1.807) is 0 Å². The molecule has 3 aliphatic rings. The second-order valence-corrected chi connectivity index (χ2v) is 18.2. The highest BCUT2D eigenvalue weighted by atomic mass is 15.1. The Morgan fingerprint density at radius 3 is 1.17 bits per heavy atom. The molecule has 1 heteroatoms. The van der Waals surface area contributed by atoms with Crippen LogP contribution in [0.25, 0.3) is 55.6 Å². The lowest BCUT2D eigenvalue weighted by Crippen LogP contribution is -2.20. The molecule has 58 heavy (non-hydrogen) atoms. The average molecular weight is 746 g/mol. The molecular formula is C57H47N. The second-order valence-electron chi connectivity index (χ2n) is 18.2. The van der Waals surface area contributed by atoms with Crippen molar-refractivity contribution in [1.29, 1.82) is 0 Å². The largest absolute Gasteiger partial charge is 0.310 e. The van der Waals surface area contributed by atoms with Crippen molar-refractivity contribution in [3.63, 3.8) is 0 Å². The van der Waals surface area contributed by atoms with Gasteiger partial charge in [-0.05, 0) is 131 Å². The van der Waals surface area contributed by atoms with Crippen molar-refractivity contribution in [2.45, 2.75) is 57.8 Å². The lowest BCUT2D eigenvalue weighted by Gasteiger charge is -2.32. The Hall–Kier alpha value is -6.44. The molecule has 3 aliphatic carbocycles. The van der Waals surface area contributed by atoms with Gasteiger partial charge in [0.05, 0.1) is 5.69 Å². The first-order valence-corrected chi connectivity index (χ1v) is 20.8. The zero-order valence-corrected chi connectivity index (χ0v) is 34.2. The summed E-state index contributed by atoms with van der Waals surface area (Å²) in [5.74, 6) is 0. The molecule has 0 atom stereocenters. The highest BCUT2D eigenvalue weighted by Crippen LogP contribution is 2.55. The summed E-state index contributed by atoms with van der Waals surface area (Å²) in [4.78, 5) is 2.51. The first-order valence-electron chi connectivity index (χ1n) is 20.8. The van der Waals surface area contributed by atoms with E-state index in [-0.39, 0.29) is 16.2 Å². The van der Waals surface area contributed by atoms with E-state index in [9.17, 15) is 0 Å². The smallest absolute Gasteiger partial charge is 0.0508 e. The van der Waals surface area contributed by atoms with Gasteiger partial charge >= 0.3 is 0 Å². The van der Waals surface area contributed by atoms with Crippen molar-refractivity contribution in [2.75, 3.05) is 4.90 Å². The van der Waals surface area contributed by atoms with Crippen molar-refractivity contribution in [2.24, 2.45) is 0 Å². The standard InChI is InChI=1S/C57H47N/c1-55(2)48-24-10-8-21-43(48)46-34-38(28-30-51(46)55)36-16-13-18-40(32-36)58(53-27-15-23-45-42-20-7-12-26-50(42)57(5,6)54(45)53)41-19-14-17-37(33-41)39-29-31-52-47(35-39)44-22-9-11-25-49(44)56(52,3)4/h7-35H,1-6H3. The van der Waals surface area contributed by atoms with Gasteiger partial charge in [0.1, 0.15) is 0 Å². The van der Waals surface area contributed by atoms with Gasteiger partial charge in [0.25, 0.3) is 0 Å². The second kappa shape index (κ2) is 12.3. The van der Waals surface area contributed by atoms with E-state index < -0.39 is 0 Å². The van der Waals surface area contributed by atoms with Crippen LogP contribution in [-0.2, 0) is 16.2 Å². The molecule has 0 bridgehead atoms. The van der Waals surface area contributed by atoms with Crippen LogP contribution in [0, 0.1) is 0 Å². The summed E-state index contributed by atoms with van der Waals surface area (Å²) in [6.45, 7) is 14.2. The van der Waals surface area contributed by atoms with E-state index in [1.165, 1.54) is 94.7 Å². The molecule has 0 aliphatic heterocycles. The molecule has 0 amide bonds.